The topological polar surface area (TPSA) is 142 Å². The predicted octanol–water partition coefficient (Wildman–Crippen LogP) is 3.92. The first-order valence-electron chi connectivity index (χ1n) is 24.6. The molecular weight excluding hydrogens is 913 g/mol. The van der Waals surface area contributed by atoms with Gasteiger partial charge in [-0.05, 0) is 107 Å². The molecule has 0 unspecified atom stereocenters. The zero-order valence-electron chi connectivity index (χ0n) is 44.4. The first kappa shape index (κ1) is 57.3. The number of rotatable bonds is 20. The van der Waals surface area contributed by atoms with Crippen LogP contribution in [0.25, 0.3) is 0 Å². The van der Waals surface area contributed by atoms with Crippen LogP contribution in [0.4, 0.5) is 11.4 Å². The molecule has 2 aliphatic heterocycles. The Kier molecular flexibility index (Phi) is 24.6. The van der Waals surface area contributed by atoms with Gasteiger partial charge in [0.05, 0.1) is 15.0 Å². The van der Waals surface area contributed by atoms with Crippen molar-refractivity contribution in [2.45, 2.75) is 137 Å². The third-order valence-corrected chi connectivity index (χ3v) is 14.0. The molecule has 5 rings (SSSR count). The number of hydrogen-bond donors (Lipinski definition) is 0. The summed E-state index contributed by atoms with van der Waals surface area (Å²) in [5.74, 6) is -0.462. The number of unbranched alkanes of at least 4 members (excludes halogenated alkanes) is 3. The van der Waals surface area contributed by atoms with Gasteiger partial charge in [-0.15, -0.1) is 0 Å². The van der Waals surface area contributed by atoms with E-state index in [1.807, 2.05) is 27.7 Å². The Bertz CT molecular complexity index is 2310. The number of aryl methyl sites for hydroxylation is 1. The van der Waals surface area contributed by atoms with Gasteiger partial charge in [0.1, 0.15) is 23.3 Å². The summed E-state index contributed by atoms with van der Waals surface area (Å²) in [5, 5.41) is 0. The van der Waals surface area contributed by atoms with Gasteiger partial charge >= 0.3 is 103 Å². The van der Waals surface area contributed by atoms with Crippen LogP contribution in [0.5, 0.6) is 0 Å². The van der Waals surface area contributed by atoms with E-state index in [1.165, 1.54) is 54.0 Å². The second kappa shape index (κ2) is 27.9. The van der Waals surface area contributed by atoms with Gasteiger partial charge in [0.15, 0.2) is 13.1 Å². The van der Waals surface area contributed by atoms with Crippen molar-refractivity contribution < 1.29 is 147 Å². The van der Waals surface area contributed by atoms with Gasteiger partial charge in [0.25, 0.3) is 0 Å². The van der Waals surface area contributed by atoms with E-state index in [9.17, 15) is 25.9 Å². The van der Waals surface area contributed by atoms with E-state index in [2.05, 4.69) is 84.6 Å². The Labute approximate surface area is 483 Å². The predicted molar refractivity (Wildman–Crippen MR) is 257 cm³/mol. The molecule has 11 nitrogen and oxygen atoms in total. The molecule has 2 aromatic rings. The smallest absolute Gasteiger partial charge is 0.748 e. The molecule has 0 bridgehead atoms. The van der Waals surface area contributed by atoms with Gasteiger partial charge in [-0.1, -0.05) is 92.1 Å². The summed E-state index contributed by atoms with van der Waals surface area (Å²) < 4.78 is 103. The third kappa shape index (κ3) is 16.1. The first-order chi connectivity index (χ1) is 31.3. The maximum atomic E-state index is 12.2. The van der Waals surface area contributed by atoms with Crippen molar-refractivity contribution in [3.63, 3.8) is 0 Å². The van der Waals surface area contributed by atoms with E-state index < -0.39 is 31.4 Å². The van der Waals surface area contributed by atoms with Crippen molar-refractivity contribution in [2.24, 2.45) is 0 Å². The number of nitrogens with zero attached hydrogens (tertiary/aromatic N) is 3. The van der Waals surface area contributed by atoms with Gasteiger partial charge in [0.2, 0.25) is 5.71 Å². The average Bonchev–Trinajstić information content (AvgIpc) is 3.60. The van der Waals surface area contributed by atoms with Crippen molar-refractivity contribution in [2.75, 3.05) is 68.2 Å². The molecule has 0 aromatic heterocycles. The minimum absolute atomic E-state index is 0. The molecule has 0 spiro atoms. The summed E-state index contributed by atoms with van der Waals surface area (Å²) >= 11 is 0. The van der Waals surface area contributed by atoms with Crippen molar-refractivity contribution in [3.8, 4) is 0 Å². The molecule has 0 N–H and O–H groups in total. The van der Waals surface area contributed by atoms with Gasteiger partial charge in [-0.3, -0.25) is 0 Å². The fraction of sp³-hybridized carbons (Fsp3) is 0.580. The molecule has 1 saturated carbocycles. The van der Waals surface area contributed by atoms with Crippen LogP contribution < -0.4 is 113 Å². The number of benzene rings is 2. The van der Waals surface area contributed by atoms with Crippen molar-refractivity contribution in [1.29, 1.82) is 0 Å². The SMILES string of the molecule is CCCCCN1C(=CC=C2CCC/C(=C\C=C3\N(CCCCS(=O)(=O)[O-])c4ccc(S(=O)(=O)[O-])cc4C3(C)C)C2=[N+](CCOCC)CCOCC)C(C)(C)c2cc(C)ccc21.[2H]C.[2H]C[2H].[K+].[K+]. The Morgan fingerprint density at radius 2 is 1.23 bits per heavy atom. The molecule has 1 aliphatic carbocycles. The van der Waals surface area contributed by atoms with Crippen LogP contribution in [0, 0.1) is 6.92 Å². The van der Waals surface area contributed by atoms with Crippen LogP contribution in [0.1, 0.15) is 135 Å². The number of allylic oxidation sites excluding steroid dienone is 8. The maximum Gasteiger partial charge on any atom is 1.00 e. The Hall–Kier alpha value is -0.317. The minimum atomic E-state index is -4.71. The summed E-state index contributed by atoms with van der Waals surface area (Å²) in [6.07, 6.45) is 15.7. The fourth-order valence-corrected chi connectivity index (χ4v) is 10.2. The molecule has 0 radical (unpaired) electrons. The zero-order valence-corrected chi connectivity index (χ0v) is 49.3. The van der Waals surface area contributed by atoms with Crippen LogP contribution in [0.3, 0.4) is 0 Å². The van der Waals surface area contributed by atoms with Crippen LogP contribution in [-0.4, -0.2) is 94.6 Å². The summed E-state index contributed by atoms with van der Waals surface area (Å²) in [7, 11) is -8.08. The van der Waals surface area contributed by atoms with Crippen LogP contribution in [0.2, 0.25) is 0 Å². The summed E-state index contributed by atoms with van der Waals surface area (Å²) in [5.41, 5.74) is 10.2. The molecular formula is C50H76K2N3O8S2+. The molecule has 3 aliphatic rings. The van der Waals surface area contributed by atoms with E-state index in [-0.39, 0.29) is 127 Å². The summed E-state index contributed by atoms with van der Waals surface area (Å²) in [6, 6.07) is 11.3. The van der Waals surface area contributed by atoms with E-state index in [1.54, 1.807) is 6.07 Å². The Morgan fingerprint density at radius 3 is 1.69 bits per heavy atom. The molecule has 15 heteroatoms. The van der Waals surface area contributed by atoms with E-state index in [0.29, 0.717) is 58.0 Å². The van der Waals surface area contributed by atoms with Gasteiger partial charge < -0.3 is 28.4 Å². The normalized spacial score (nSPS) is 19.2. The summed E-state index contributed by atoms with van der Waals surface area (Å²) in [6.45, 7) is 22.1. The molecule has 0 saturated heterocycles. The third-order valence-electron chi connectivity index (χ3n) is 12.3. The molecule has 0 atom stereocenters. The van der Waals surface area contributed by atoms with E-state index >= 15 is 0 Å². The molecule has 0 amide bonds. The van der Waals surface area contributed by atoms with Crippen molar-refractivity contribution in [3.05, 3.63) is 99.9 Å². The second-order valence-electron chi connectivity index (χ2n) is 17.5. The Morgan fingerprint density at radius 1 is 0.754 bits per heavy atom. The minimum Gasteiger partial charge on any atom is -0.748 e. The zero-order chi connectivity index (χ0) is 49.3. The quantitative estimate of drug-likeness (QED) is 0.0830. The molecule has 2 aromatic carbocycles. The van der Waals surface area contributed by atoms with Crippen LogP contribution >= 0.6 is 0 Å². The van der Waals surface area contributed by atoms with Crippen LogP contribution in [0.15, 0.2) is 88.1 Å². The van der Waals surface area contributed by atoms with Crippen molar-refractivity contribution >= 4 is 37.3 Å². The Balaban J connectivity index is 0.00000317. The van der Waals surface area contributed by atoms with Gasteiger partial charge in [0, 0.05) is 80.9 Å². The standard InChI is InChI=1S/C48H69N3O8S2.2CH4.2K/c1-9-12-13-27-50-42-23-19-36(4)34-40(42)47(5,6)44(50)25-20-37-17-16-18-38(46(37)49(29-31-58-10-2)30-32-59-11-3)21-26-45-48(7,8)41-35-39(61(55,56)57)22-24-43(41)51(45)28-14-15-33-60(52,53)54;;;;/h19-26,34-35H,9-18,27-33H2,1-8H3,(H-,52,53,54,55,56,57);2*1H4;;/q;;;2*+1/p-1/i;1D2;1D;;. The van der Waals surface area contributed by atoms with E-state index in [4.69, 9.17) is 13.6 Å². The van der Waals surface area contributed by atoms with Crippen LogP contribution in [-0.2, 0) is 40.5 Å². The monoisotopic (exact) mass is 991 g/mol. The number of hydrogen-bond acceptors (Lipinski definition) is 10. The number of fused-ring (bicyclic) bond motifs is 2. The van der Waals surface area contributed by atoms with E-state index in [0.717, 1.165) is 61.3 Å². The van der Waals surface area contributed by atoms with Gasteiger partial charge in [-0.2, -0.15) is 0 Å². The van der Waals surface area contributed by atoms with Gasteiger partial charge in [-0.25, -0.2) is 21.4 Å². The molecule has 352 valence electrons. The summed E-state index contributed by atoms with van der Waals surface area (Å²) in [4.78, 5) is 4.30. The fourth-order valence-electron chi connectivity index (χ4n) is 9.13. The molecule has 1 fully saturated rings. The first-order valence-corrected chi connectivity index (χ1v) is 25.1. The second-order valence-corrected chi connectivity index (χ2v) is 20.4. The number of anilines is 2. The van der Waals surface area contributed by atoms with Crippen molar-refractivity contribution in [1.82, 2.24) is 0 Å². The maximum absolute atomic E-state index is 12.2. The molecule has 2 heterocycles. The molecule has 65 heavy (non-hydrogen) atoms. The number of ether oxygens (including phenoxy) is 2. The average molecular weight is 993 g/mol. The largest absolute Gasteiger partial charge is 1.00 e.